The number of benzene rings is 1. The molecule has 0 unspecified atom stereocenters. The van der Waals surface area contributed by atoms with Gasteiger partial charge < -0.3 is 14.5 Å². The molecule has 1 aliphatic rings. The summed E-state index contributed by atoms with van der Waals surface area (Å²) in [5, 5.41) is 3.90. The van der Waals surface area contributed by atoms with Crippen molar-refractivity contribution in [3.05, 3.63) is 29.8 Å². The lowest BCUT2D eigenvalue weighted by molar-refractivity contribution is -0.128. The summed E-state index contributed by atoms with van der Waals surface area (Å²) in [7, 11) is 1.54. The summed E-state index contributed by atoms with van der Waals surface area (Å²) >= 11 is 0. The Morgan fingerprint density at radius 1 is 1.24 bits per heavy atom. The molecule has 0 spiro atoms. The van der Waals surface area contributed by atoms with Gasteiger partial charge >= 0.3 is 5.97 Å². The van der Waals surface area contributed by atoms with Crippen molar-refractivity contribution in [2.75, 3.05) is 20.2 Å². The molecule has 0 saturated carbocycles. The van der Waals surface area contributed by atoms with Crippen molar-refractivity contribution in [2.24, 2.45) is 5.16 Å². The first-order chi connectivity index (χ1) is 10.1. The summed E-state index contributed by atoms with van der Waals surface area (Å²) in [6.45, 7) is 2.78. The van der Waals surface area contributed by atoms with Crippen LogP contribution in [0.1, 0.15) is 30.1 Å². The molecule has 0 atom stereocenters. The van der Waals surface area contributed by atoms with E-state index in [1.807, 2.05) is 0 Å². The van der Waals surface area contributed by atoms with Crippen LogP contribution in [-0.2, 0) is 9.63 Å². The fourth-order valence-corrected chi connectivity index (χ4v) is 2.08. The molecule has 0 aliphatic carbocycles. The Morgan fingerprint density at radius 2 is 1.95 bits per heavy atom. The monoisotopic (exact) mass is 290 g/mol. The van der Waals surface area contributed by atoms with Gasteiger partial charge in [-0.3, -0.25) is 4.79 Å². The van der Waals surface area contributed by atoms with Crippen LogP contribution >= 0.6 is 0 Å². The van der Waals surface area contributed by atoms with Crippen LogP contribution in [0.15, 0.2) is 29.4 Å². The van der Waals surface area contributed by atoms with Gasteiger partial charge in [0.25, 0.3) is 0 Å². The third-order valence-corrected chi connectivity index (χ3v) is 3.35. The van der Waals surface area contributed by atoms with Crippen molar-refractivity contribution in [3.63, 3.8) is 0 Å². The molecule has 0 aromatic heterocycles. The number of oxime groups is 1. The van der Waals surface area contributed by atoms with Gasteiger partial charge in [-0.2, -0.15) is 0 Å². The molecule has 112 valence electrons. The number of nitrogens with zero attached hydrogens (tertiary/aromatic N) is 2. The van der Waals surface area contributed by atoms with Crippen LogP contribution in [0.3, 0.4) is 0 Å². The van der Waals surface area contributed by atoms with Crippen LogP contribution in [0.4, 0.5) is 0 Å². The zero-order valence-corrected chi connectivity index (χ0v) is 12.2. The van der Waals surface area contributed by atoms with Crippen LogP contribution in [0, 0.1) is 0 Å². The highest BCUT2D eigenvalue weighted by molar-refractivity contribution is 5.91. The molecule has 6 nitrogen and oxygen atoms in total. The van der Waals surface area contributed by atoms with Crippen molar-refractivity contribution in [3.8, 4) is 5.75 Å². The van der Waals surface area contributed by atoms with E-state index in [4.69, 9.17) is 9.57 Å². The van der Waals surface area contributed by atoms with E-state index >= 15 is 0 Å². The Balaban J connectivity index is 1.92. The van der Waals surface area contributed by atoms with E-state index in [9.17, 15) is 9.59 Å². The molecule has 1 aliphatic heterocycles. The Hall–Kier alpha value is -2.37. The molecule has 1 aromatic rings. The average molecular weight is 290 g/mol. The van der Waals surface area contributed by atoms with Gasteiger partial charge in [0.05, 0.1) is 18.4 Å². The minimum absolute atomic E-state index is 0.0578. The van der Waals surface area contributed by atoms with Crippen LogP contribution in [-0.4, -0.2) is 42.7 Å². The molecule has 6 heteroatoms. The molecule has 0 N–H and O–H groups in total. The van der Waals surface area contributed by atoms with Crippen molar-refractivity contribution in [1.82, 2.24) is 4.90 Å². The van der Waals surface area contributed by atoms with Gasteiger partial charge in [-0.1, -0.05) is 11.2 Å². The normalized spacial score (nSPS) is 14.6. The highest BCUT2D eigenvalue weighted by atomic mass is 16.7. The van der Waals surface area contributed by atoms with Gasteiger partial charge in [0.2, 0.25) is 5.91 Å². The summed E-state index contributed by atoms with van der Waals surface area (Å²) in [6.07, 6.45) is 1.26. The summed E-state index contributed by atoms with van der Waals surface area (Å²) < 4.78 is 5.05. The number of carbonyl (C=O) groups is 2. The summed E-state index contributed by atoms with van der Waals surface area (Å²) in [5.74, 6) is 0.129. The lowest BCUT2D eigenvalue weighted by atomic mass is 10.1. The highest BCUT2D eigenvalue weighted by Crippen LogP contribution is 2.14. The van der Waals surface area contributed by atoms with Gasteiger partial charge in [0, 0.05) is 32.9 Å². The Kier molecular flexibility index (Phi) is 4.92. The number of rotatable bonds is 3. The summed E-state index contributed by atoms with van der Waals surface area (Å²) in [6, 6.07) is 6.71. The fraction of sp³-hybridized carbons (Fsp3) is 0.400. The Bertz CT molecular complexity index is 559. The van der Waals surface area contributed by atoms with Gasteiger partial charge in [-0.15, -0.1) is 0 Å². The van der Waals surface area contributed by atoms with Crippen molar-refractivity contribution in [1.29, 1.82) is 0 Å². The highest BCUT2D eigenvalue weighted by Gasteiger charge is 2.18. The second kappa shape index (κ2) is 6.88. The predicted octanol–water partition coefficient (Wildman–Crippen LogP) is 1.85. The molecule has 1 heterocycles. The smallest absolute Gasteiger partial charge is 0.365 e. The van der Waals surface area contributed by atoms with Crippen molar-refractivity contribution >= 4 is 17.6 Å². The zero-order valence-electron chi connectivity index (χ0n) is 12.2. The Morgan fingerprint density at radius 3 is 2.57 bits per heavy atom. The number of ether oxygens (including phenoxy) is 1. The van der Waals surface area contributed by atoms with E-state index in [1.165, 1.54) is 7.11 Å². The molecule has 1 aromatic carbocycles. The van der Waals surface area contributed by atoms with Crippen molar-refractivity contribution < 1.29 is 19.2 Å². The minimum Gasteiger partial charge on any atom is -0.497 e. The number of piperidine rings is 1. The number of hydrogen-bond acceptors (Lipinski definition) is 5. The van der Waals surface area contributed by atoms with Gasteiger partial charge in [-0.25, -0.2) is 4.79 Å². The van der Waals surface area contributed by atoms with Crippen LogP contribution in [0.25, 0.3) is 0 Å². The second-order valence-electron chi connectivity index (χ2n) is 4.77. The van der Waals surface area contributed by atoms with Gasteiger partial charge in [-0.05, 0) is 18.2 Å². The quantitative estimate of drug-likeness (QED) is 0.629. The third kappa shape index (κ3) is 4.05. The average Bonchev–Trinajstić information content (AvgIpc) is 2.53. The number of hydrogen-bond donors (Lipinski definition) is 0. The molecule has 1 saturated heterocycles. The first-order valence-electron chi connectivity index (χ1n) is 6.77. The van der Waals surface area contributed by atoms with Crippen LogP contribution in [0.2, 0.25) is 0 Å². The van der Waals surface area contributed by atoms with Gasteiger partial charge in [0.1, 0.15) is 5.75 Å². The standard InChI is InChI=1S/C15H18N2O4/c1-11(18)17-8-6-13(7-9-17)16-21-15(19)12-4-3-5-14(10-12)20-2/h3-5,10H,6-9H2,1-2H3. The zero-order chi connectivity index (χ0) is 15.2. The predicted molar refractivity (Wildman–Crippen MR) is 77.3 cm³/mol. The van der Waals surface area contributed by atoms with E-state index < -0.39 is 5.97 Å². The lowest BCUT2D eigenvalue weighted by Gasteiger charge is -2.25. The number of carbonyl (C=O) groups excluding carboxylic acids is 2. The molecule has 0 bridgehead atoms. The second-order valence-corrected chi connectivity index (χ2v) is 4.77. The SMILES string of the molecule is COc1cccc(C(=O)ON=C2CCN(C(C)=O)CC2)c1. The molecule has 2 rings (SSSR count). The van der Waals surface area contributed by atoms with Gasteiger partial charge in [0.15, 0.2) is 0 Å². The largest absolute Gasteiger partial charge is 0.497 e. The van der Waals surface area contributed by atoms with E-state index in [0.717, 1.165) is 5.71 Å². The maximum atomic E-state index is 11.9. The molecular formula is C15H18N2O4. The molecule has 1 fully saturated rings. The number of methoxy groups -OCH3 is 1. The van der Waals surface area contributed by atoms with E-state index in [1.54, 1.807) is 36.1 Å². The van der Waals surface area contributed by atoms with Crippen LogP contribution < -0.4 is 4.74 Å². The number of likely N-dealkylation sites (tertiary alicyclic amines) is 1. The number of amides is 1. The van der Waals surface area contributed by atoms with E-state index in [2.05, 4.69) is 5.16 Å². The molecule has 0 radical (unpaired) electrons. The van der Waals surface area contributed by atoms with E-state index in [-0.39, 0.29) is 5.91 Å². The summed E-state index contributed by atoms with van der Waals surface area (Å²) in [4.78, 5) is 29.8. The molecular weight excluding hydrogens is 272 g/mol. The van der Waals surface area contributed by atoms with Crippen LogP contribution in [0.5, 0.6) is 5.75 Å². The molecule has 1 amide bonds. The maximum Gasteiger partial charge on any atom is 0.365 e. The summed E-state index contributed by atoms with van der Waals surface area (Å²) in [5.41, 5.74) is 1.18. The first-order valence-corrected chi connectivity index (χ1v) is 6.77. The van der Waals surface area contributed by atoms with E-state index in [0.29, 0.717) is 37.2 Å². The maximum absolute atomic E-state index is 11.9. The Labute approximate surface area is 123 Å². The lowest BCUT2D eigenvalue weighted by Crippen LogP contribution is -2.37. The first kappa shape index (κ1) is 15.0. The molecule has 21 heavy (non-hydrogen) atoms. The fourth-order valence-electron chi connectivity index (χ4n) is 2.08. The third-order valence-electron chi connectivity index (χ3n) is 3.35. The minimum atomic E-state index is -0.518. The topological polar surface area (TPSA) is 68.2 Å². The van der Waals surface area contributed by atoms with Crippen molar-refractivity contribution in [2.45, 2.75) is 19.8 Å².